The molecule has 1 atom stereocenters. The average Bonchev–Trinajstić information content (AvgIpc) is 2.56. The van der Waals surface area contributed by atoms with Crippen molar-refractivity contribution in [1.82, 2.24) is 0 Å². The Morgan fingerprint density at radius 3 is 2.94 bits per heavy atom. The van der Waals surface area contributed by atoms with E-state index < -0.39 is 5.54 Å². The maximum Gasteiger partial charge on any atom is 0.307 e. The third-order valence-corrected chi connectivity index (χ3v) is 3.37. The first-order valence-electron chi connectivity index (χ1n) is 5.16. The summed E-state index contributed by atoms with van der Waals surface area (Å²) < 4.78 is 4.65. The minimum absolute atomic E-state index is 0.231. The minimum Gasteiger partial charge on any atom is -0.469 e. The number of carbonyl (C=O) groups is 1. The molecule has 1 aromatic rings. The van der Waals surface area contributed by atoms with Crippen LogP contribution in [0.1, 0.15) is 17.5 Å². The van der Waals surface area contributed by atoms with E-state index in [4.69, 9.17) is 17.3 Å². The molecule has 3 nitrogen and oxygen atoms in total. The van der Waals surface area contributed by atoms with Crippen LogP contribution in [-0.4, -0.2) is 18.6 Å². The van der Waals surface area contributed by atoms with Crippen LogP contribution in [0.25, 0.3) is 0 Å². The highest BCUT2D eigenvalue weighted by Crippen LogP contribution is 2.35. The van der Waals surface area contributed by atoms with E-state index in [9.17, 15) is 4.79 Å². The lowest BCUT2D eigenvalue weighted by atomic mass is 9.93. The number of rotatable bonds is 2. The summed E-state index contributed by atoms with van der Waals surface area (Å²) in [5, 5.41) is 0.731. The van der Waals surface area contributed by atoms with E-state index in [1.807, 2.05) is 18.2 Å². The Hall–Kier alpha value is -1.06. The Morgan fingerprint density at radius 1 is 1.56 bits per heavy atom. The highest BCUT2D eigenvalue weighted by molar-refractivity contribution is 6.31. The van der Waals surface area contributed by atoms with Crippen LogP contribution in [0.2, 0.25) is 5.02 Å². The van der Waals surface area contributed by atoms with Gasteiger partial charge in [0.25, 0.3) is 0 Å². The van der Waals surface area contributed by atoms with Gasteiger partial charge in [0.05, 0.1) is 13.5 Å². The standard InChI is InChI=1S/C12H14ClNO2/c1-16-11(15)7-12(14)5-8-3-2-4-10(13)9(8)6-12/h2-4H,5-7,14H2,1H3. The lowest BCUT2D eigenvalue weighted by Gasteiger charge is -2.21. The predicted octanol–water partition coefficient (Wildman–Crippen LogP) is 1.70. The molecule has 1 aromatic carbocycles. The zero-order chi connectivity index (χ0) is 11.8. The van der Waals surface area contributed by atoms with Gasteiger partial charge in [-0.25, -0.2) is 0 Å². The zero-order valence-corrected chi connectivity index (χ0v) is 9.88. The summed E-state index contributed by atoms with van der Waals surface area (Å²) >= 11 is 6.10. The van der Waals surface area contributed by atoms with Gasteiger partial charge in [-0.05, 0) is 30.0 Å². The normalized spacial score (nSPS) is 22.9. The van der Waals surface area contributed by atoms with E-state index in [2.05, 4.69) is 4.74 Å². The molecule has 0 amide bonds. The summed E-state index contributed by atoms with van der Waals surface area (Å²) in [4.78, 5) is 11.3. The summed E-state index contributed by atoms with van der Waals surface area (Å²) in [7, 11) is 1.38. The predicted molar refractivity (Wildman–Crippen MR) is 62.4 cm³/mol. The van der Waals surface area contributed by atoms with Gasteiger partial charge in [-0.15, -0.1) is 0 Å². The fraction of sp³-hybridized carbons (Fsp3) is 0.417. The number of hydrogen-bond donors (Lipinski definition) is 1. The van der Waals surface area contributed by atoms with Crippen molar-refractivity contribution in [2.75, 3.05) is 7.11 Å². The molecule has 0 bridgehead atoms. The lowest BCUT2D eigenvalue weighted by Crippen LogP contribution is -2.43. The number of hydrogen-bond acceptors (Lipinski definition) is 3. The van der Waals surface area contributed by atoms with Crippen molar-refractivity contribution in [2.24, 2.45) is 5.73 Å². The molecular weight excluding hydrogens is 226 g/mol. The van der Waals surface area contributed by atoms with Crippen molar-refractivity contribution >= 4 is 17.6 Å². The number of carbonyl (C=O) groups excluding carboxylic acids is 1. The van der Waals surface area contributed by atoms with Gasteiger partial charge in [-0.1, -0.05) is 23.7 Å². The van der Waals surface area contributed by atoms with Gasteiger partial charge in [0.1, 0.15) is 0 Å². The molecule has 1 aliphatic rings. The Morgan fingerprint density at radius 2 is 2.31 bits per heavy atom. The summed E-state index contributed by atoms with van der Waals surface area (Å²) in [6.07, 6.45) is 1.55. The SMILES string of the molecule is COC(=O)CC1(N)Cc2cccc(Cl)c2C1. The van der Waals surface area contributed by atoms with Crippen LogP contribution >= 0.6 is 11.6 Å². The van der Waals surface area contributed by atoms with Gasteiger partial charge in [0.15, 0.2) is 0 Å². The third-order valence-electron chi connectivity index (χ3n) is 3.01. The first-order chi connectivity index (χ1) is 7.54. The number of fused-ring (bicyclic) bond motifs is 1. The molecule has 16 heavy (non-hydrogen) atoms. The smallest absolute Gasteiger partial charge is 0.307 e. The molecule has 0 spiro atoms. The maximum atomic E-state index is 11.3. The first kappa shape index (κ1) is 11.4. The molecular formula is C12H14ClNO2. The molecule has 4 heteroatoms. The van der Waals surface area contributed by atoms with Crippen LogP contribution in [0.3, 0.4) is 0 Å². The fourth-order valence-corrected chi connectivity index (χ4v) is 2.51. The highest BCUT2D eigenvalue weighted by Gasteiger charge is 2.36. The summed E-state index contributed by atoms with van der Waals surface area (Å²) in [6, 6.07) is 5.77. The third kappa shape index (κ3) is 2.06. The molecule has 86 valence electrons. The topological polar surface area (TPSA) is 52.3 Å². The highest BCUT2D eigenvalue weighted by atomic mass is 35.5. The van der Waals surface area contributed by atoms with Crippen molar-refractivity contribution in [3.63, 3.8) is 0 Å². The summed E-state index contributed by atoms with van der Waals surface area (Å²) in [5.41, 5.74) is 7.86. The van der Waals surface area contributed by atoms with Gasteiger partial charge < -0.3 is 10.5 Å². The molecule has 1 aliphatic carbocycles. The molecule has 0 fully saturated rings. The number of nitrogens with two attached hydrogens (primary N) is 1. The van der Waals surface area contributed by atoms with Crippen LogP contribution in [0.5, 0.6) is 0 Å². The Kier molecular flexibility index (Phi) is 2.91. The number of esters is 1. The van der Waals surface area contributed by atoms with Crippen molar-refractivity contribution in [2.45, 2.75) is 24.8 Å². The molecule has 0 radical (unpaired) electrons. The molecule has 0 aliphatic heterocycles. The van der Waals surface area contributed by atoms with E-state index in [0.717, 1.165) is 16.1 Å². The monoisotopic (exact) mass is 239 g/mol. The second kappa shape index (κ2) is 4.07. The summed E-state index contributed by atoms with van der Waals surface area (Å²) in [5.74, 6) is -0.272. The van der Waals surface area contributed by atoms with Gasteiger partial charge in [-0.3, -0.25) is 4.79 Å². The number of methoxy groups -OCH3 is 1. The molecule has 0 saturated heterocycles. The molecule has 2 N–H and O–H groups in total. The quantitative estimate of drug-likeness (QED) is 0.800. The Labute approximate surface area is 99.5 Å². The van der Waals surface area contributed by atoms with Crippen molar-refractivity contribution < 1.29 is 9.53 Å². The molecule has 0 aromatic heterocycles. The molecule has 0 heterocycles. The van der Waals surface area contributed by atoms with E-state index in [1.54, 1.807) is 0 Å². The van der Waals surface area contributed by atoms with E-state index in [0.29, 0.717) is 12.8 Å². The van der Waals surface area contributed by atoms with Gasteiger partial charge in [0, 0.05) is 10.6 Å². The van der Waals surface area contributed by atoms with Gasteiger partial charge >= 0.3 is 5.97 Å². The number of benzene rings is 1. The van der Waals surface area contributed by atoms with E-state index in [-0.39, 0.29) is 12.4 Å². The molecule has 2 rings (SSSR count). The summed E-state index contributed by atoms with van der Waals surface area (Å²) in [6.45, 7) is 0. The van der Waals surface area contributed by atoms with Crippen molar-refractivity contribution in [3.05, 3.63) is 34.3 Å². The van der Waals surface area contributed by atoms with Crippen LogP contribution in [0.4, 0.5) is 0 Å². The van der Waals surface area contributed by atoms with E-state index >= 15 is 0 Å². The van der Waals surface area contributed by atoms with Gasteiger partial charge in [0.2, 0.25) is 0 Å². The Balaban J connectivity index is 2.21. The number of ether oxygens (including phenoxy) is 1. The second-order valence-corrected chi connectivity index (χ2v) is 4.75. The Bertz CT molecular complexity index is 433. The van der Waals surface area contributed by atoms with Crippen molar-refractivity contribution in [1.29, 1.82) is 0 Å². The largest absolute Gasteiger partial charge is 0.469 e. The van der Waals surface area contributed by atoms with Gasteiger partial charge in [-0.2, -0.15) is 0 Å². The van der Waals surface area contributed by atoms with E-state index in [1.165, 1.54) is 7.11 Å². The zero-order valence-electron chi connectivity index (χ0n) is 9.13. The maximum absolute atomic E-state index is 11.3. The second-order valence-electron chi connectivity index (χ2n) is 4.35. The van der Waals surface area contributed by atoms with Crippen LogP contribution in [0.15, 0.2) is 18.2 Å². The van der Waals surface area contributed by atoms with Crippen LogP contribution in [-0.2, 0) is 22.4 Å². The lowest BCUT2D eigenvalue weighted by molar-refractivity contribution is -0.141. The van der Waals surface area contributed by atoms with Crippen LogP contribution < -0.4 is 5.73 Å². The number of halogens is 1. The molecule has 1 unspecified atom stereocenters. The van der Waals surface area contributed by atoms with Crippen molar-refractivity contribution in [3.8, 4) is 0 Å². The fourth-order valence-electron chi connectivity index (χ4n) is 2.25. The average molecular weight is 240 g/mol. The molecule has 0 saturated carbocycles. The van der Waals surface area contributed by atoms with Crippen LogP contribution in [0, 0.1) is 0 Å². The first-order valence-corrected chi connectivity index (χ1v) is 5.54. The minimum atomic E-state index is -0.541.